The van der Waals surface area contributed by atoms with Gasteiger partial charge in [-0.15, -0.1) is 11.3 Å². The van der Waals surface area contributed by atoms with E-state index in [9.17, 15) is 5.11 Å². The number of rotatable bonds is 6. The van der Waals surface area contributed by atoms with E-state index in [4.69, 9.17) is 22.1 Å². The van der Waals surface area contributed by atoms with Crippen molar-refractivity contribution in [1.82, 2.24) is 19.9 Å². The van der Waals surface area contributed by atoms with Gasteiger partial charge in [0.2, 0.25) is 5.95 Å². The molecule has 4 N–H and O–H groups in total. The highest BCUT2D eigenvalue weighted by Crippen LogP contribution is 2.35. The SMILES string of the molecule is CC(O)(c1ccc(CN2CCOCC2)c(Nc2nc(N)ncc2Cl)c1)c1nccs1. The molecule has 1 atom stereocenters. The molecule has 158 valence electrons. The van der Waals surface area contributed by atoms with Crippen LogP contribution >= 0.6 is 22.9 Å². The molecule has 4 rings (SSSR count). The third kappa shape index (κ3) is 4.55. The number of ether oxygens (including phenoxy) is 1. The smallest absolute Gasteiger partial charge is 0.222 e. The van der Waals surface area contributed by atoms with E-state index in [0.717, 1.165) is 30.9 Å². The number of aromatic nitrogens is 3. The second-order valence-corrected chi connectivity index (χ2v) is 8.52. The van der Waals surface area contributed by atoms with Crippen LogP contribution in [0.15, 0.2) is 36.0 Å². The standard InChI is InChI=1S/C20H23ClN6O2S/c1-20(28,18-23-4-9-30-18)14-3-2-13(12-27-5-7-29-8-6-27)16(10-14)25-17-15(21)11-24-19(22)26-17/h2-4,9-11,28H,5-8,12H2,1H3,(H3,22,24,25,26). The van der Waals surface area contributed by atoms with E-state index in [-0.39, 0.29) is 5.95 Å². The summed E-state index contributed by atoms with van der Waals surface area (Å²) in [6.45, 7) is 5.62. The maximum Gasteiger partial charge on any atom is 0.222 e. The van der Waals surface area contributed by atoms with Crippen LogP contribution in [-0.4, -0.2) is 51.3 Å². The first-order valence-corrected chi connectivity index (χ1v) is 10.8. The number of benzene rings is 1. The second-order valence-electron chi connectivity index (χ2n) is 7.22. The normalized spacial score (nSPS) is 16.9. The first-order valence-electron chi connectivity index (χ1n) is 9.54. The second kappa shape index (κ2) is 8.83. The molecule has 1 aliphatic rings. The minimum absolute atomic E-state index is 0.127. The largest absolute Gasteiger partial charge is 0.379 e. The van der Waals surface area contributed by atoms with Crippen molar-refractivity contribution in [2.75, 3.05) is 37.4 Å². The van der Waals surface area contributed by atoms with Crippen LogP contribution in [0.3, 0.4) is 0 Å². The van der Waals surface area contributed by atoms with Gasteiger partial charge < -0.3 is 20.9 Å². The molecule has 3 heterocycles. The molecule has 1 aliphatic heterocycles. The lowest BCUT2D eigenvalue weighted by molar-refractivity contribution is 0.0342. The summed E-state index contributed by atoms with van der Waals surface area (Å²) in [5.74, 6) is 0.543. The number of thiazole rings is 1. The molecule has 1 aromatic carbocycles. The summed E-state index contributed by atoms with van der Waals surface area (Å²) in [6, 6.07) is 5.85. The fraction of sp³-hybridized carbons (Fsp3) is 0.350. The van der Waals surface area contributed by atoms with Crippen molar-refractivity contribution in [3.8, 4) is 0 Å². The van der Waals surface area contributed by atoms with Gasteiger partial charge in [-0.25, -0.2) is 9.97 Å². The number of hydrogen-bond donors (Lipinski definition) is 3. The van der Waals surface area contributed by atoms with Gasteiger partial charge in [0.1, 0.15) is 15.6 Å². The van der Waals surface area contributed by atoms with Gasteiger partial charge in [-0.3, -0.25) is 4.90 Å². The predicted octanol–water partition coefficient (Wildman–Crippen LogP) is 3.00. The molecule has 1 saturated heterocycles. The molecule has 10 heteroatoms. The van der Waals surface area contributed by atoms with E-state index in [0.29, 0.717) is 34.6 Å². The first kappa shape index (κ1) is 21.0. The zero-order valence-corrected chi connectivity index (χ0v) is 18.1. The maximum absolute atomic E-state index is 11.2. The monoisotopic (exact) mass is 446 g/mol. The van der Waals surface area contributed by atoms with Crippen molar-refractivity contribution in [2.45, 2.75) is 19.1 Å². The zero-order valence-electron chi connectivity index (χ0n) is 16.5. The predicted molar refractivity (Wildman–Crippen MR) is 118 cm³/mol. The van der Waals surface area contributed by atoms with Crippen molar-refractivity contribution in [1.29, 1.82) is 0 Å². The van der Waals surface area contributed by atoms with Crippen molar-refractivity contribution < 1.29 is 9.84 Å². The number of hydrogen-bond acceptors (Lipinski definition) is 9. The van der Waals surface area contributed by atoms with Crippen LogP contribution in [0.5, 0.6) is 0 Å². The Labute approximate surface area is 183 Å². The summed E-state index contributed by atoms with van der Waals surface area (Å²) in [5.41, 5.74) is 7.06. The highest BCUT2D eigenvalue weighted by atomic mass is 35.5. The fourth-order valence-electron chi connectivity index (χ4n) is 3.32. The van der Waals surface area contributed by atoms with Crippen molar-refractivity contribution in [2.24, 2.45) is 0 Å². The van der Waals surface area contributed by atoms with Crippen LogP contribution in [0.2, 0.25) is 5.02 Å². The van der Waals surface area contributed by atoms with Gasteiger partial charge in [-0.05, 0) is 24.1 Å². The fourth-order valence-corrected chi connectivity index (χ4v) is 4.17. The van der Waals surface area contributed by atoms with Gasteiger partial charge >= 0.3 is 0 Å². The molecule has 0 saturated carbocycles. The lowest BCUT2D eigenvalue weighted by Crippen LogP contribution is -2.35. The topological polar surface area (TPSA) is 109 Å². The van der Waals surface area contributed by atoms with Crippen LogP contribution in [0.1, 0.15) is 23.1 Å². The molecule has 0 aliphatic carbocycles. The van der Waals surface area contributed by atoms with E-state index in [1.807, 2.05) is 23.6 Å². The Hall–Kier alpha value is -2.30. The van der Waals surface area contributed by atoms with Crippen LogP contribution in [0, 0.1) is 0 Å². The average Bonchev–Trinajstić information content (AvgIpc) is 3.28. The zero-order chi connectivity index (χ0) is 21.1. The van der Waals surface area contributed by atoms with Gasteiger partial charge in [0.05, 0.1) is 19.4 Å². The molecular formula is C20H23ClN6O2S. The van der Waals surface area contributed by atoms with E-state index in [2.05, 4.69) is 25.2 Å². The Balaban J connectivity index is 1.71. The molecule has 2 aromatic heterocycles. The Morgan fingerprint density at radius 2 is 2.13 bits per heavy atom. The highest BCUT2D eigenvalue weighted by Gasteiger charge is 2.29. The molecule has 8 nitrogen and oxygen atoms in total. The van der Waals surface area contributed by atoms with Gasteiger partial charge in [-0.2, -0.15) is 4.98 Å². The number of nitrogen functional groups attached to an aromatic ring is 1. The Morgan fingerprint density at radius 3 is 2.87 bits per heavy atom. The van der Waals surface area contributed by atoms with E-state index in [1.54, 1.807) is 13.1 Å². The van der Waals surface area contributed by atoms with Crippen molar-refractivity contribution in [3.05, 3.63) is 57.1 Å². The molecule has 1 unspecified atom stereocenters. The third-order valence-corrected chi connectivity index (χ3v) is 6.29. The average molecular weight is 447 g/mol. The summed E-state index contributed by atoms with van der Waals surface area (Å²) in [6.07, 6.45) is 3.15. The van der Waals surface area contributed by atoms with E-state index < -0.39 is 5.60 Å². The molecule has 0 spiro atoms. The van der Waals surface area contributed by atoms with E-state index >= 15 is 0 Å². The lowest BCUT2D eigenvalue weighted by atomic mass is 9.94. The summed E-state index contributed by atoms with van der Waals surface area (Å²) in [4.78, 5) is 14.7. The summed E-state index contributed by atoms with van der Waals surface area (Å²) in [7, 11) is 0. The summed E-state index contributed by atoms with van der Waals surface area (Å²) in [5, 5.41) is 17.3. The molecular weight excluding hydrogens is 424 g/mol. The first-order chi connectivity index (χ1) is 14.4. The lowest BCUT2D eigenvalue weighted by Gasteiger charge is -2.28. The van der Waals surface area contributed by atoms with Gasteiger partial charge in [0.25, 0.3) is 0 Å². The number of aliphatic hydroxyl groups is 1. The minimum Gasteiger partial charge on any atom is -0.379 e. The van der Waals surface area contributed by atoms with Crippen LogP contribution in [0.25, 0.3) is 0 Å². The van der Waals surface area contributed by atoms with Gasteiger partial charge in [-0.1, -0.05) is 23.7 Å². The summed E-state index contributed by atoms with van der Waals surface area (Å²) >= 11 is 7.68. The maximum atomic E-state index is 11.2. The van der Waals surface area contributed by atoms with Crippen LogP contribution in [-0.2, 0) is 16.9 Å². The highest BCUT2D eigenvalue weighted by molar-refractivity contribution is 7.09. The Morgan fingerprint density at radius 1 is 1.33 bits per heavy atom. The Kier molecular flexibility index (Phi) is 6.16. The Bertz CT molecular complexity index is 1010. The van der Waals surface area contributed by atoms with E-state index in [1.165, 1.54) is 17.5 Å². The van der Waals surface area contributed by atoms with Gasteiger partial charge in [0, 0.05) is 36.9 Å². The summed E-state index contributed by atoms with van der Waals surface area (Å²) < 4.78 is 5.45. The number of anilines is 3. The van der Waals surface area contributed by atoms with Crippen LogP contribution in [0.4, 0.5) is 17.5 Å². The molecule has 1 fully saturated rings. The van der Waals surface area contributed by atoms with Crippen molar-refractivity contribution in [3.63, 3.8) is 0 Å². The number of nitrogens with one attached hydrogen (secondary N) is 1. The number of halogens is 1. The number of morpholine rings is 1. The molecule has 0 bridgehead atoms. The quantitative estimate of drug-likeness (QED) is 0.530. The molecule has 3 aromatic rings. The van der Waals surface area contributed by atoms with Gasteiger partial charge in [0.15, 0.2) is 5.82 Å². The molecule has 0 amide bonds. The molecule has 30 heavy (non-hydrogen) atoms. The van der Waals surface area contributed by atoms with Crippen LogP contribution < -0.4 is 11.1 Å². The molecule has 0 radical (unpaired) electrons. The minimum atomic E-state index is -1.23. The number of nitrogens with zero attached hydrogens (tertiary/aromatic N) is 4. The third-order valence-electron chi connectivity index (χ3n) is 5.03. The van der Waals surface area contributed by atoms with Crippen molar-refractivity contribution >= 4 is 40.4 Å². The number of nitrogens with two attached hydrogens (primary N) is 1.